The average Bonchev–Trinajstić information content (AvgIpc) is 2.69. The van der Waals surface area contributed by atoms with Crippen LogP contribution in [0.15, 0.2) is 22.7 Å². The molecule has 90 valence electrons. The Morgan fingerprint density at radius 3 is 2.50 bits per heavy atom. The van der Waals surface area contributed by atoms with Crippen LogP contribution in [0, 0.1) is 5.92 Å². The van der Waals surface area contributed by atoms with Crippen LogP contribution >= 0.6 is 28.3 Å². The van der Waals surface area contributed by atoms with Crippen molar-refractivity contribution in [3.8, 4) is 5.75 Å². The van der Waals surface area contributed by atoms with Crippen LogP contribution in [-0.2, 0) is 0 Å². The van der Waals surface area contributed by atoms with Gasteiger partial charge < -0.3 is 10.8 Å². The number of aromatic hydroxyl groups is 1. The van der Waals surface area contributed by atoms with Crippen molar-refractivity contribution < 1.29 is 5.11 Å². The van der Waals surface area contributed by atoms with Crippen LogP contribution < -0.4 is 5.73 Å². The molecule has 0 unspecified atom stereocenters. The number of hydrogen-bond donors (Lipinski definition) is 2. The minimum absolute atomic E-state index is 0. The molecule has 1 aromatic carbocycles. The lowest BCUT2D eigenvalue weighted by atomic mass is 9.92. The van der Waals surface area contributed by atoms with Gasteiger partial charge in [0.25, 0.3) is 0 Å². The second-order valence-electron chi connectivity index (χ2n) is 4.27. The zero-order chi connectivity index (χ0) is 10.8. The van der Waals surface area contributed by atoms with Gasteiger partial charge in [-0.15, -0.1) is 12.4 Å². The molecule has 1 atom stereocenters. The summed E-state index contributed by atoms with van der Waals surface area (Å²) < 4.78 is 0.891. The van der Waals surface area contributed by atoms with Crippen LogP contribution in [0.1, 0.15) is 37.3 Å². The Bertz CT molecular complexity index is 353. The topological polar surface area (TPSA) is 46.2 Å². The van der Waals surface area contributed by atoms with Gasteiger partial charge in [-0.3, -0.25) is 0 Å². The summed E-state index contributed by atoms with van der Waals surface area (Å²) in [6.45, 7) is 0. The van der Waals surface area contributed by atoms with Gasteiger partial charge in [-0.1, -0.05) is 34.8 Å². The molecule has 1 saturated carbocycles. The van der Waals surface area contributed by atoms with Crippen LogP contribution in [0.3, 0.4) is 0 Å². The first-order chi connectivity index (χ1) is 7.18. The van der Waals surface area contributed by atoms with Crippen molar-refractivity contribution >= 4 is 28.3 Å². The smallest absolute Gasteiger partial charge is 0.121 e. The molecule has 0 radical (unpaired) electrons. The second-order valence-corrected chi connectivity index (χ2v) is 5.19. The number of benzene rings is 1. The second kappa shape index (κ2) is 5.89. The SMILES string of the molecule is Cl.N[C@H](c1ccc(Br)cc1O)C1CCCC1. The van der Waals surface area contributed by atoms with Crippen molar-refractivity contribution in [2.75, 3.05) is 0 Å². The highest BCUT2D eigenvalue weighted by Crippen LogP contribution is 2.37. The molecule has 1 aromatic rings. The Labute approximate surface area is 111 Å². The van der Waals surface area contributed by atoms with E-state index in [1.165, 1.54) is 25.7 Å². The van der Waals surface area contributed by atoms with Gasteiger partial charge in [0.05, 0.1) is 0 Å². The standard InChI is InChI=1S/C12H16BrNO.ClH/c13-9-5-6-10(11(15)7-9)12(14)8-3-1-2-4-8;/h5-8,12,15H,1-4,14H2;1H/t12-;/m0./s1. The van der Waals surface area contributed by atoms with Crippen molar-refractivity contribution in [2.45, 2.75) is 31.7 Å². The van der Waals surface area contributed by atoms with E-state index < -0.39 is 0 Å². The zero-order valence-electron chi connectivity index (χ0n) is 9.03. The molecule has 0 heterocycles. The monoisotopic (exact) mass is 305 g/mol. The molecule has 0 spiro atoms. The van der Waals surface area contributed by atoms with E-state index in [-0.39, 0.29) is 18.4 Å². The molecule has 0 saturated heterocycles. The van der Waals surface area contributed by atoms with Crippen molar-refractivity contribution in [2.24, 2.45) is 11.7 Å². The van der Waals surface area contributed by atoms with Gasteiger partial charge in [-0.25, -0.2) is 0 Å². The van der Waals surface area contributed by atoms with Crippen LogP contribution in [0.2, 0.25) is 0 Å². The first-order valence-corrected chi connectivity index (χ1v) is 6.22. The van der Waals surface area contributed by atoms with Crippen LogP contribution in [0.4, 0.5) is 0 Å². The Balaban J connectivity index is 0.00000128. The summed E-state index contributed by atoms with van der Waals surface area (Å²) in [5.41, 5.74) is 7.06. The largest absolute Gasteiger partial charge is 0.508 e. The summed E-state index contributed by atoms with van der Waals surface area (Å²) in [6, 6.07) is 5.55. The zero-order valence-corrected chi connectivity index (χ0v) is 11.4. The maximum atomic E-state index is 9.81. The van der Waals surface area contributed by atoms with Gasteiger partial charge in [0.2, 0.25) is 0 Å². The third-order valence-corrected chi connectivity index (χ3v) is 3.75. The summed E-state index contributed by atoms with van der Waals surface area (Å²) >= 11 is 3.33. The Morgan fingerprint density at radius 2 is 1.94 bits per heavy atom. The fourth-order valence-electron chi connectivity index (χ4n) is 2.37. The Kier molecular flexibility index (Phi) is 5.09. The van der Waals surface area contributed by atoms with E-state index in [1.807, 2.05) is 12.1 Å². The highest BCUT2D eigenvalue weighted by molar-refractivity contribution is 9.10. The van der Waals surface area contributed by atoms with Gasteiger partial charge in [-0.05, 0) is 30.9 Å². The van der Waals surface area contributed by atoms with Gasteiger partial charge in [-0.2, -0.15) is 0 Å². The molecule has 0 aliphatic heterocycles. The summed E-state index contributed by atoms with van der Waals surface area (Å²) in [4.78, 5) is 0. The van der Waals surface area contributed by atoms with E-state index in [9.17, 15) is 5.11 Å². The minimum Gasteiger partial charge on any atom is -0.508 e. The molecule has 0 bridgehead atoms. The first-order valence-electron chi connectivity index (χ1n) is 5.42. The molecule has 16 heavy (non-hydrogen) atoms. The predicted octanol–water partition coefficient (Wildman–Crippen LogP) is 3.77. The van der Waals surface area contributed by atoms with Crippen molar-refractivity contribution in [3.63, 3.8) is 0 Å². The molecule has 0 aromatic heterocycles. The number of phenolic OH excluding ortho intramolecular Hbond substituents is 1. The fourth-order valence-corrected chi connectivity index (χ4v) is 2.72. The van der Waals surface area contributed by atoms with Crippen molar-refractivity contribution in [3.05, 3.63) is 28.2 Å². The van der Waals surface area contributed by atoms with Crippen molar-refractivity contribution in [1.82, 2.24) is 0 Å². The number of hydrogen-bond acceptors (Lipinski definition) is 2. The maximum Gasteiger partial charge on any atom is 0.121 e. The Hall–Kier alpha value is -0.250. The molecule has 0 amide bonds. The predicted molar refractivity (Wildman–Crippen MR) is 71.9 cm³/mol. The highest BCUT2D eigenvalue weighted by Gasteiger charge is 2.24. The van der Waals surface area contributed by atoms with Crippen LogP contribution in [-0.4, -0.2) is 5.11 Å². The molecule has 1 aliphatic carbocycles. The minimum atomic E-state index is -0.0133. The maximum absolute atomic E-state index is 9.81. The fraction of sp³-hybridized carbons (Fsp3) is 0.500. The summed E-state index contributed by atoms with van der Waals surface area (Å²) in [5, 5.41) is 9.81. The normalized spacial score (nSPS) is 18.1. The molecular weight excluding hydrogens is 289 g/mol. The third kappa shape index (κ3) is 2.90. The van der Waals surface area contributed by atoms with Crippen molar-refractivity contribution in [1.29, 1.82) is 0 Å². The molecule has 4 heteroatoms. The first kappa shape index (κ1) is 13.8. The molecular formula is C12H17BrClNO. The lowest BCUT2D eigenvalue weighted by Gasteiger charge is -2.20. The van der Waals surface area contributed by atoms with E-state index in [0.29, 0.717) is 11.7 Å². The summed E-state index contributed by atoms with van der Waals surface area (Å²) in [6.07, 6.45) is 4.93. The molecule has 1 fully saturated rings. The summed E-state index contributed by atoms with van der Waals surface area (Å²) in [5.74, 6) is 0.848. The average molecular weight is 307 g/mol. The van der Waals surface area contributed by atoms with E-state index in [2.05, 4.69) is 15.9 Å². The molecule has 3 N–H and O–H groups in total. The van der Waals surface area contributed by atoms with E-state index in [4.69, 9.17) is 5.73 Å². The number of phenols is 1. The molecule has 1 aliphatic rings. The van der Waals surface area contributed by atoms with Gasteiger partial charge in [0, 0.05) is 16.1 Å². The van der Waals surface area contributed by atoms with E-state index in [1.54, 1.807) is 6.07 Å². The van der Waals surface area contributed by atoms with Crippen LogP contribution in [0.5, 0.6) is 5.75 Å². The van der Waals surface area contributed by atoms with E-state index >= 15 is 0 Å². The molecule has 2 nitrogen and oxygen atoms in total. The quantitative estimate of drug-likeness (QED) is 0.874. The summed E-state index contributed by atoms with van der Waals surface area (Å²) in [7, 11) is 0. The van der Waals surface area contributed by atoms with Gasteiger partial charge >= 0.3 is 0 Å². The third-order valence-electron chi connectivity index (χ3n) is 3.26. The van der Waals surface area contributed by atoms with Crippen LogP contribution in [0.25, 0.3) is 0 Å². The van der Waals surface area contributed by atoms with Gasteiger partial charge in [0.1, 0.15) is 5.75 Å². The lowest BCUT2D eigenvalue weighted by Crippen LogP contribution is -2.19. The number of halogens is 2. The van der Waals surface area contributed by atoms with E-state index in [0.717, 1.165) is 10.0 Å². The number of nitrogens with two attached hydrogens (primary N) is 1. The lowest BCUT2D eigenvalue weighted by molar-refractivity contribution is 0.412. The van der Waals surface area contributed by atoms with Gasteiger partial charge in [0.15, 0.2) is 0 Å². The Morgan fingerprint density at radius 1 is 1.31 bits per heavy atom. The molecule has 2 rings (SSSR count). The number of rotatable bonds is 2. The highest BCUT2D eigenvalue weighted by atomic mass is 79.9.